The van der Waals surface area contributed by atoms with Crippen LogP contribution in [-0.2, 0) is 27.7 Å². The van der Waals surface area contributed by atoms with Crippen LogP contribution in [0.15, 0.2) is 96.0 Å². The van der Waals surface area contributed by atoms with E-state index in [4.69, 9.17) is 11.6 Å². The van der Waals surface area contributed by atoms with Crippen molar-refractivity contribution < 1.29 is 32.3 Å². The molecule has 11 nitrogen and oxygen atoms in total. The van der Waals surface area contributed by atoms with E-state index in [0.29, 0.717) is 28.7 Å². The maximum atomic E-state index is 14.7. The molecule has 1 aliphatic heterocycles. The van der Waals surface area contributed by atoms with Crippen LogP contribution in [0.25, 0.3) is 16.8 Å². The maximum absolute atomic E-state index is 14.7. The maximum Gasteiger partial charge on any atom is 0.335 e. The fourth-order valence-corrected chi connectivity index (χ4v) is 7.02. The second kappa shape index (κ2) is 13.3. The van der Waals surface area contributed by atoms with Gasteiger partial charge in [0.05, 0.1) is 21.7 Å². The van der Waals surface area contributed by atoms with Gasteiger partial charge in [0.2, 0.25) is 10.0 Å². The lowest BCUT2D eigenvalue weighted by molar-refractivity contribution is -0.123. The van der Waals surface area contributed by atoms with Gasteiger partial charge >= 0.3 is 5.97 Å². The van der Waals surface area contributed by atoms with E-state index >= 15 is 0 Å². The molecule has 14 heteroatoms. The largest absolute Gasteiger partial charge is 0.478 e. The second-order valence-electron chi connectivity index (χ2n) is 11.6. The molecule has 1 aromatic heterocycles. The molecular formula is C35H29ClFN5O6S. The summed E-state index contributed by atoms with van der Waals surface area (Å²) in [5, 5.41) is 17.1. The van der Waals surface area contributed by atoms with Gasteiger partial charge in [-0.05, 0) is 70.6 Å². The molecule has 1 atom stereocenters. The molecule has 2 heterocycles. The van der Waals surface area contributed by atoms with E-state index in [2.05, 4.69) is 10.3 Å². The third kappa shape index (κ3) is 6.47. The van der Waals surface area contributed by atoms with Crippen molar-refractivity contribution in [3.63, 3.8) is 0 Å². The van der Waals surface area contributed by atoms with E-state index < -0.39 is 33.8 Å². The molecule has 0 fully saturated rings. The Morgan fingerprint density at radius 1 is 1.00 bits per heavy atom. The van der Waals surface area contributed by atoms with Gasteiger partial charge in [-0.1, -0.05) is 65.3 Å². The topological polar surface area (TPSA) is 143 Å². The number of benzene rings is 4. The molecule has 250 valence electrons. The highest BCUT2D eigenvalue weighted by Crippen LogP contribution is 2.38. The summed E-state index contributed by atoms with van der Waals surface area (Å²) in [6.07, 6.45) is 1.48. The summed E-state index contributed by atoms with van der Waals surface area (Å²) in [7, 11) is -0.822. The Hall–Kier alpha value is -5.24. The first-order chi connectivity index (χ1) is 23.4. The van der Waals surface area contributed by atoms with Gasteiger partial charge in [-0.25, -0.2) is 26.6 Å². The SMILES string of the molecule is CN(C)S(=O)(=O)c1cccc(-c2cccc3c2CCN(C(=O)c2cn(-c4cccc(Cl)c4F)nn2)C3C(=O)Cc2ccc(C(=O)O)cc2)c1. The normalized spacial score (nSPS) is 14.5. The highest BCUT2D eigenvalue weighted by atomic mass is 35.5. The quantitative estimate of drug-likeness (QED) is 0.220. The van der Waals surface area contributed by atoms with E-state index in [1.54, 1.807) is 42.5 Å². The van der Waals surface area contributed by atoms with Gasteiger partial charge in [0.15, 0.2) is 17.3 Å². The van der Waals surface area contributed by atoms with Gasteiger partial charge in [-0.15, -0.1) is 5.10 Å². The van der Waals surface area contributed by atoms with Gasteiger partial charge in [-0.3, -0.25) is 9.59 Å². The van der Waals surface area contributed by atoms with Crippen LogP contribution < -0.4 is 0 Å². The van der Waals surface area contributed by atoms with E-state index in [1.165, 1.54) is 61.6 Å². The number of amides is 1. The number of carboxylic acid groups (broad SMARTS) is 1. The Morgan fingerprint density at radius 2 is 1.71 bits per heavy atom. The second-order valence-corrected chi connectivity index (χ2v) is 14.2. The van der Waals surface area contributed by atoms with Gasteiger partial charge in [0, 0.05) is 27.1 Å². The van der Waals surface area contributed by atoms with Crippen molar-refractivity contribution in [2.75, 3.05) is 20.6 Å². The fourth-order valence-electron chi connectivity index (χ4n) is 5.90. The van der Waals surface area contributed by atoms with Gasteiger partial charge < -0.3 is 10.0 Å². The van der Waals surface area contributed by atoms with Gasteiger partial charge in [0.25, 0.3) is 5.91 Å². The first kappa shape index (κ1) is 33.7. The lowest BCUT2D eigenvalue weighted by Crippen LogP contribution is -2.44. The predicted octanol–water partition coefficient (Wildman–Crippen LogP) is 5.23. The fraction of sp³-hybridized carbons (Fsp3) is 0.171. The van der Waals surface area contributed by atoms with E-state index in [0.717, 1.165) is 14.6 Å². The average molecular weight is 702 g/mol. The molecule has 5 aromatic rings. The molecule has 0 radical (unpaired) electrons. The number of fused-ring (bicyclic) bond motifs is 1. The molecule has 0 spiro atoms. The standard InChI is InChI=1S/C35H29ClFN5O6S/c1-40(2)49(47,48)24-7-3-6-23(19-24)25-8-4-9-27-26(25)16-17-41(33(27)31(43)18-21-12-14-22(15-13-21)35(45)46)34(44)29-20-42(39-38-29)30-11-5-10-28(36)32(30)37/h3-15,19-20,33H,16-18H2,1-2H3,(H,45,46). The number of rotatable bonds is 9. The summed E-state index contributed by atoms with van der Waals surface area (Å²) in [6, 6.07) is 21.1. The monoisotopic (exact) mass is 701 g/mol. The first-order valence-electron chi connectivity index (χ1n) is 15.0. The summed E-state index contributed by atoms with van der Waals surface area (Å²) in [6.45, 7) is 0.102. The predicted molar refractivity (Wildman–Crippen MR) is 179 cm³/mol. The van der Waals surface area contributed by atoms with Crippen molar-refractivity contribution >= 4 is 39.3 Å². The molecule has 49 heavy (non-hydrogen) atoms. The molecule has 1 N–H and O–H groups in total. The minimum atomic E-state index is -3.73. The number of carbonyl (C=O) groups excluding carboxylic acids is 2. The summed E-state index contributed by atoms with van der Waals surface area (Å²) < 4.78 is 42.8. The lowest BCUT2D eigenvalue weighted by atomic mass is 9.83. The van der Waals surface area contributed by atoms with E-state index in [9.17, 15) is 32.3 Å². The molecule has 4 aromatic carbocycles. The molecule has 0 saturated carbocycles. The van der Waals surface area contributed by atoms with Crippen molar-refractivity contribution in [3.8, 4) is 16.8 Å². The van der Waals surface area contributed by atoms with Crippen LogP contribution in [0.1, 0.15) is 43.6 Å². The zero-order valence-corrected chi connectivity index (χ0v) is 27.8. The number of aromatic nitrogens is 3. The zero-order chi connectivity index (χ0) is 35.0. The molecule has 1 unspecified atom stereocenters. The zero-order valence-electron chi connectivity index (χ0n) is 26.2. The first-order valence-corrected chi connectivity index (χ1v) is 16.9. The molecule has 6 rings (SSSR count). The Labute approximate surface area is 286 Å². The minimum Gasteiger partial charge on any atom is -0.478 e. The Morgan fingerprint density at radius 3 is 2.43 bits per heavy atom. The Kier molecular flexibility index (Phi) is 9.16. The van der Waals surface area contributed by atoms with Crippen LogP contribution in [0.3, 0.4) is 0 Å². The number of hydrogen-bond donors (Lipinski definition) is 1. The number of hydrogen-bond acceptors (Lipinski definition) is 7. The number of carbonyl (C=O) groups is 3. The van der Waals surface area contributed by atoms with Gasteiger partial charge in [-0.2, -0.15) is 0 Å². The molecule has 0 aliphatic carbocycles. The number of sulfonamides is 1. The van der Waals surface area contributed by atoms with Crippen molar-refractivity contribution in [1.29, 1.82) is 0 Å². The van der Waals surface area contributed by atoms with Crippen LogP contribution in [0, 0.1) is 5.82 Å². The number of halogens is 2. The van der Waals surface area contributed by atoms with Crippen molar-refractivity contribution in [2.24, 2.45) is 0 Å². The van der Waals surface area contributed by atoms with E-state index in [1.807, 2.05) is 6.07 Å². The number of Topliss-reactive ketones (excluding diaryl/α,β-unsaturated/α-hetero) is 1. The molecule has 0 bridgehead atoms. The summed E-state index contributed by atoms with van der Waals surface area (Å²) in [5.41, 5.74) is 3.15. The van der Waals surface area contributed by atoms with Crippen LogP contribution in [-0.4, -0.2) is 76.0 Å². The van der Waals surface area contributed by atoms with Crippen LogP contribution >= 0.6 is 11.6 Å². The smallest absolute Gasteiger partial charge is 0.335 e. The van der Waals surface area contributed by atoms with Crippen molar-refractivity contribution in [2.45, 2.75) is 23.8 Å². The van der Waals surface area contributed by atoms with Crippen LogP contribution in [0.2, 0.25) is 5.02 Å². The number of ketones is 1. The van der Waals surface area contributed by atoms with Crippen molar-refractivity contribution in [1.82, 2.24) is 24.2 Å². The summed E-state index contributed by atoms with van der Waals surface area (Å²) in [5.74, 6) is -2.79. The number of nitrogens with zero attached hydrogens (tertiary/aromatic N) is 5. The molecule has 0 saturated heterocycles. The third-order valence-electron chi connectivity index (χ3n) is 8.38. The number of carboxylic acids is 1. The van der Waals surface area contributed by atoms with Gasteiger partial charge in [0.1, 0.15) is 11.7 Å². The van der Waals surface area contributed by atoms with E-state index in [-0.39, 0.29) is 45.6 Å². The molecule has 1 aliphatic rings. The molecule has 1 amide bonds. The highest BCUT2D eigenvalue weighted by Gasteiger charge is 2.38. The Balaban J connectivity index is 1.41. The minimum absolute atomic E-state index is 0.0105. The summed E-state index contributed by atoms with van der Waals surface area (Å²) in [4.78, 5) is 41.2. The number of aromatic carboxylic acids is 1. The Bertz CT molecular complexity index is 2220. The lowest BCUT2D eigenvalue weighted by Gasteiger charge is -2.37. The highest BCUT2D eigenvalue weighted by molar-refractivity contribution is 7.89. The van der Waals surface area contributed by atoms with Crippen molar-refractivity contribution in [3.05, 3.63) is 130 Å². The summed E-state index contributed by atoms with van der Waals surface area (Å²) >= 11 is 5.94. The average Bonchev–Trinajstić information content (AvgIpc) is 3.58. The van der Waals surface area contributed by atoms with Crippen LogP contribution in [0.5, 0.6) is 0 Å². The third-order valence-corrected chi connectivity index (χ3v) is 10.5. The van der Waals surface area contributed by atoms with Crippen LogP contribution in [0.4, 0.5) is 4.39 Å². The molecular weight excluding hydrogens is 673 g/mol.